The van der Waals surface area contributed by atoms with Crippen LogP contribution in [0.3, 0.4) is 0 Å². The Balaban J connectivity index is 2.64. The van der Waals surface area contributed by atoms with Gasteiger partial charge in [0, 0.05) is 5.56 Å². The second kappa shape index (κ2) is 2.96. The average Bonchev–Trinajstić information content (AvgIpc) is 2.93. The number of terminal acetylenes is 1. The van der Waals surface area contributed by atoms with Crippen molar-refractivity contribution in [2.24, 2.45) is 0 Å². The van der Waals surface area contributed by atoms with Crippen molar-refractivity contribution < 1.29 is 8.78 Å². The summed E-state index contributed by atoms with van der Waals surface area (Å²) < 4.78 is 26.9. The zero-order valence-electron chi connectivity index (χ0n) is 7.28. The summed E-state index contributed by atoms with van der Waals surface area (Å²) in [5, 5.41) is -0.0806. The quantitative estimate of drug-likeness (QED) is 0.495. The van der Waals surface area contributed by atoms with Crippen molar-refractivity contribution in [3.8, 4) is 12.3 Å². The van der Waals surface area contributed by atoms with Crippen LogP contribution in [0.1, 0.15) is 18.4 Å². The third kappa shape index (κ3) is 1.20. The first-order chi connectivity index (χ1) is 6.60. The molecule has 0 atom stereocenters. The molecule has 1 aromatic rings. The lowest BCUT2D eigenvalue weighted by atomic mass is 9.96. The summed E-state index contributed by atoms with van der Waals surface area (Å²) in [5.74, 6) is 1.11. The highest BCUT2D eigenvalue weighted by Crippen LogP contribution is 2.50. The molecule has 14 heavy (non-hydrogen) atoms. The zero-order chi connectivity index (χ0) is 10.3. The van der Waals surface area contributed by atoms with Crippen LogP contribution < -0.4 is 0 Å². The Kier molecular flexibility index (Phi) is 2.01. The van der Waals surface area contributed by atoms with E-state index in [0.29, 0.717) is 12.8 Å². The van der Waals surface area contributed by atoms with Gasteiger partial charge in [-0.3, -0.25) is 0 Å². The fourth-order valence-electron chi connectivity index (χ4n) is 1.56. The molecule has 1 saturated carbocycles. The molecule has 2 rings (SSSR count). The maximum Gasteiger partial charge on any atom is 0.149 e. The number of halogens is 3. The minimum absolute atomic E-state index is 0.0486. The van der Waals surface area contributed by atoms with Crippen LogP contribution in [0.15, 0.2) is 12.1 Å². The highest BCUT2D eigenvalue weighted by molar-refractivity contribution is 6.30. The van der Waals surface area contributed by atoms with Crippen molar-refractivity contribution >= 4 is 11.6 Å². The van der Waals surface area contributed by atoms with Crippen molar-refractivity contribution in [3.63, 3.8) is 0 Å². The maximum atomic E-state index is 13.5. The molecule has 1 aliphatic rings. The number of rotatable bonds is 1. The van der Waals surface area contributed by atoms with Crippen LogP contribution in [0.4, 0.5) is 8.78 Å². The summed E-state index contributed by atoms with van der Waals surface area (Å²) in [6.07, 6.45) is 6.51. The normalized spacial score (nSPS) is 17.6. The van der Waals surface area contributed by atoms with E-state index in [9.17, 15) is 8.78 Å². The third-order valence-electron chi connectivity index (χ3n) is 2.55. The molecule has 0 bridgehead atoms. The van der Waals surface area contributed by atoms with Gasteiger partial charge >= 0.3 is 0 Å². The van der Waals surface area contributed by atoms with Gasteiger partial charge in [0.1, 0.15) is 11.6 Å². The van der Waals surface area contributed by atoms with E-state index in [0.717, 1.165) is 6.07 Å². The molecule has 0 heterocycles. The number of benzene rings is 1. The highest BCUT2D eigenvalue weighted by atomic mass is 35.5. The van der Waals surface area contributed by atoms with Gasteiger partial charge < -0.3 is 0 Å². The van der Waals surface area contributed by atoms with Gasteiger partial charge in [-0.25, -0.2) is 8.78 Å². The Morgan fingerprint density at radius 3 is 2.50 bits per heavy atom. The van der Waals surface area contributed by atoms with E-state index in [1.807, 2.05) is 0 Å². The second-order valence-corrected chi connectivity index (χ2v) is 3.85. The molecule has 3 heteroatoms. The second-order valence-electron chi connectivity index (χ2n) is 3.44. The van der Waals surface area contributed by atoms with E-state index in [1.165, 1.54) is 6.07 Å². The van der Waals surface area contributed by atoms with Crippen molar-refractivity contribution in [1.82, 2.24) is 0 Å². The maximum absolute atomic E-state index is 13.5. The van der Waals surface area contributed by atoms with E-state index >= 15 is 0 Å². The van der Waals surface area contributed by atoms with Gasteiger partial charge in [-0.15, -0.1) is 6.42 Å². The molecular weight excluding hydrogens is 206 g/mol. The van der Waals surface area contributed by atoms with E-state index in [-0.39, 0.29) is 10.6 Å². The summed E-state index contributed by atoms with van der Waals surface area (Å²) >= 11 is 5.57. The molecule has 0 amide bonds. The van der Waals surface area contributed by atoms with Crippen LogP contribution >= 0.6 is 11.6 Å². The van der Waals surface area contributed by atoms with Crippen molar-refractivity contribution in [2.75, 3.05) is 0 Å². The summed E-state index contributed by atoms with van der Waals surface area (Å²) in [6, 6.07) is 2.35. The monoisotopic (exact) mass is 212 g/mol. The van der Waals surface area contributed by atoms with Crippen molar-refractivity contribution in [2.45, 2.75) is 18.3 Å². The van der Waals surface area contributed by atoms with Crippen LogP contribution in [-0.2, 0) is 5.41 Å². The molecule has 0 aromatic heterocycles. The molecule has 0 radical (unpaired) electrons. The average molecular weight is 213 g/mol. The summed E-state index contributed by atoms with van der Waals surface area (Å²) in [7, 11) is 0. The van der Waals surface area contributed by atoms with Gasteiger partial charge in [0.05, 0.1) is 10.4 Å². The van der Waals surface area contributed by atoms with Crippen LogP contribution in [-0.4, -0.2) is 0 Å². The molecule has 0 spiro atoms. The highest BCUT2D eigenvalue weighted by Gasteiger charge is 2.47. The topological polar surface area (TPSA) is 0 Å². The Morgan fingerprint density at radius 1 is 1.36 bits per heavy atom. The SMILES string of the molecule is C#CC1(c2c(F)ccc(Cl)c2F)CC1. The summed E-state index contributed by atoms with van der Waals surface area (Å²) in [6.45, 7) is 0. The first-order valence-electron chi connectivity index (χ1n) is 4.22. The molecule has 0 N–H and O–H groups in total. The molecule has 0 nitrogen and oxygen atoms in total. The Morgan fingerprint density at radius 2 is 2.00 bits per heavy atom. The van der Waals surface area contributed by atoms with Crippen molar-refractivity contribution in [3.05, 3.63) is 34.4 Å². The summed E-state index contributed by atoms with van der Waals surface area (Å²) in [5.41, 5.74) is -0.800. The van der Waals surface area contributed by atoms with Crippen LogP contribution in [0, 0.1) is 24.0 Å². The predicted octanol–water partition coefficient (Wildman–Crippen LogP) is 3.28. The lowest BCUT2D eigenvalue weighted by molar-refractivity contribution is 0.544. The zero-order valence-corrected chi connectivity index (χ0v) is 8.04. The third-order valence-corrected chi connectivity index (χ3v) is 2.84. The van der Waals surface area contributed by atoms with E-state index < -0.39 is 17.0 Å². The number of hydrogen-bond donors (Lipinski definition) is 0. The smallest absolute Gasteiger partial charge is 0.149 e. The fraction of sp³-hybridized carbons (Fsp3) is 0.273. The Hall–Kier alpha value is -1.07. The van der Waals surface area contributed by atoms with Crippen LogP contribution in [0.25, 0.3) is 0 Å². The van der Waals surface area contributed by atoms with Gasteiger partial charge in [0.25, 0.3) is 0 Å². The predicted molar refractivity (Wildman–Crippen MR) is 51.1 cm³/mol. The first kappa shape index (κ1) is 9.48. The minimum atomic E-state index is -0.751. The lowest BCUT2D eigenvalue weighted by Crippen LogP contribution is -2.09. The van der Waals surface area contributed by atoms with Crippen molar-refractivity contribution in [1.29, 1.82) is 0 Å². The van der Waals surface area contributed by atoms with E-state index in [1.54, 1.807) is 0 Å². The summed E-state index contributed by atoms with van der Waals surface area (Å²) in [4.78, 5) is 0. The van der Waals surface area contributed by atoms with Crippen LogP contribution in [0.2, 0.25) is 5.02 Å². The molecule has 0 aliphatic heterocycles. The Labute approximate surface area is 85.9 Å². The molecule has 1 fully saturated rings. The van der Waals surface area contributed by atoms with E-state index in [4.69, 9.17) is 18.0 Å². The molecule has 72 valence electrons. The molecular formula is C11H7ClF2. The lowest BCUT2D eigenvalue weighted by Gasteiger charge is -2.11. The molecule has 0 saturated heterocycles. The number of hydrogen-bond acceptors (Lipinski definition) is 0. The van der Waals surface area contributed by atoms with Gasteiger partial charge in [-0.05, 0) is 25.0 Å². The van der Waals surface area contributed by atoms with Crippen LogP contribution in [0.5, 0.6) is 0 Å². The molecule has 1 aromatic carbocycles. The molecule has 1 aliphatic carbocycles. The Bertz CT molecular complexity index is 428. The standard InChI is InChI=1S/C11H7ClF2/c1-2-11(5-6-11)9-8(13)4-3-7(12)10(9)14/h1,3-4H,5-6H2. The fourth-order valence-corrected chi connectivity index (χ4v) is 1.71. The minimum Gasteiger partial charge on any atom is -0.207 e. The van der Waals surface area contributed by atoms with Gasteiger partial charge in [0.15, 0.2) is 0 Å². The van der Waals surface area contributed by atoms with Gasteiger partial charge in [0.2, 0.25) is 0 Å². The first-order valence-corrected chi connectivity index (χ1v) is 4.60. The largest absolute Gasteiger partial charge is 0.207 e. The van der Waals surface area contributed by atoms with Gasteiger partial charge in [-0.2, -0.15) is 0 Å². The van der Waals surface area contributed by atoms with E-state index in [2.05, 4.69) is 5.92 Å². The van der Waals surface area contributed by atoms with Gasteiger partial charge in [-0.1, -0.05) is 17.5 Å². The molecule has 0 unspecified atom stereocenters.